The molecule has 3 aromatic rings. The van der Waals surface area contributed by atoms with E-state index >= 15 is 0 Å². The van der Waals surface area contributed by atoms with Crippen molar-refractivity contribution in [3.8, 4) is 11.4 Å². The molecule has 1 aromatic heterocycles. The zero-order valence-corrected chi connectivity index (χ0v) is 15.7. The van der Waals surface area contributed by atoms with Crippen LogP contribution in [0, 0.1) is 6.92 Å². The van der Waals surface area contributed by atoms with E-state index in [4.69, 9.17) is 0 Å². The van der Waals surface area contributed by atoms with E-state index < -0.39 is 0 Å². The molecule has 7 nitrogen and oxygen atoms in total. The number of nitrogens with one attached hydrogen (secondary N) is 1. The Morgan fingerprint density at radius 2 is 1.85 bits per heavy atom. The number of anilines is 1. The lowest BCUT2D eigenvalue weighted by Gasteiger charge is -2.19. The van der Waals surface area contributed by atoms with Crippen LogP contribution in [0.4, 0.5) is 5.69 Å². The molecule has 140 valence electrons. The second-order valence-electron chi connectivity index (χ2n) is 6.47. The maximum Gasteiger partial charge on any atom is 0.243 e. The average Bonchev–Trinajstić information content (AvgIpc) is 3.14. The van der Waals surface area contributed by atoms with Crippen molar-refractivity contribution in [3.05, 3.63) is 60.2 Å². The van der Waals surface area contributed by atoms with E-state index in [1.54, 1.807) is 0 Å². The van der Waals surface area contributed by atoms with Gasteiger partial charge in [0.15, 0.2) is 0 Å². The summed E-state index contributed by atoms with van der Waals surface area (Å²) in [7, 11) is 2.04. The predicted octanol–water partition coefficient (Wildman–Crippen LogP) is 2.29. The third-order valence-corrected chi connectivity index (χ3v) is 4.24. The van der Waals surface area contributed by atoms with Crippen molar-refractivity contribution < 1.29 is 4.79 Å². The molecule has 0 spiro atoms. The monoisotopic (exact) mass is 364 g/mol. The quantitative estimate of drug-likeness (QED) is 0.621. The van der Waals surface area contributed by atoms with Crippen LogP contribution in [0.3, 0.4) is 0 Å². The summed E-state index contributed by atoms with van der Waals surface area (Å²) in [4.78, 5) is 15.5. The lowest BCUT2D eigenvalue weighted by molar-refractivity contribution is -0.122. The Labute approximate surface area is 159 Å². The molecule has 0 aliphatic carbocycles. The van der Waals surface area contributed by atoms with Gasteiger partial charge in [0.05, 0.1) is 0 Å². The number of hydrogen-bond donors (Lipinski definition) is 1. The van der Waals surface area contributed by atoms with E-state index in [0.29, 0.717) is 12.4 Å². The minimum Gasteiger partial charge on any atom is -0.375 e. The molecule has 0 radical (unpaired) electrons. The Balaban J connectivity index is 1.41. The molecule has 0 aliphatic heterocycles. The van der Waals surface area contributed by atoms with Gasteiger partial charge in [-0.25, -0.2) is 0 Å². The van der Waals surface area contributed by atoms with Gasteiger partial charge in [0.1, 0.15) is 6.54 Å². The fourth-order valence-electron chi connectivity index (χ4n) is 2.67. The molecular formula is C20H24N6O. The molecule has 2 aromatic carbocycles. The van der Waals surface area contributed by atoms with Crippen molar-refractivity contribution >= 4 is 11.6 Å². The summed E-state index contributed by atoms with van der Waals surface area (Å²) >= 11 is 0. The molecule has 0 atom stereocenters. The summed E-state index contributed by atoms with van der Waals surface area (Å²) in [6.07, 6.45) is 0.858. The van der Waals surface area contributed by atoms with Crippen molar-refractivity contribution in [3.63, 3.8) is 0 Å². The Morgan fingerprint density at radius 3 is 2.59 bits per heavy atom. The topological polar surface area (TPSA) is 75.9 Å². The maximum atomic E-state index is 12.1. The molecule has 7 heteroatoms. The summed E-state index contributed by atoms with van der Waals surface area (Å²) in [5, 5.41) is 15.1. The average molecular weight is 364 g/mol. The summed E-state index contributed by atoms with van der Waals surface area (Å²) in [6.45, 7) is 3.56. The Hall–Kier alpha value is -3.22. The van der Waals surface area contributed by atoms with Crippen LogP contribution in [0.25, 0.3) is 11.4 Å². The fraction of sp³-hybridized carbons (Fsp3) is 0.300. The number of hydrogen-bond acceptors (Lipinski definition) is 5. The summed E-state index contributed by atoms with van der Waals surface area (Å²) in [5.41, 5.74) is 3.22. The van der Waals surface area contributed by atoms with Gasteiger partial charge >= 0.3 is 0 Å². The Kier molecular flexibility index (Phi) is 6.14. The highest BCUT2D eigenvalue weighted by Crippen LogP contribution is 2.14. The van der Waals surface area contributed by atoms with Crippen molar-refractivity contribution in [2.24, 2.45) is 0 Å². The van der Waals surface area contributed by atoms with Crippen molar-refractivity contribution in [2.75, 3.05) is 25.0 Å². The third-order valence-electron chi connectivity index (χ3n) is 4.24. The smallest absolute Gasteiger partial charge is 0.243 e. The standard InChI is InChI=1S/C20H24N6O/c1-16-9-11-17(12-10-16)20-22-24-26(23-20)15-19(27)21-13-6-14-25(2)18-7-4-3-5-8-18/h3-5,7-12H,6,13-15H2,1-2H3,(H,21,27). The molecule has 0 saturated heterocycles. The predicted molar refractivity (Wildman–Crippen MR) is 105 cm³/mol. The highest BCUT2D eigenvalue weighted by Gasteiger charge is 2.09. The Morgan fingerprint density at radius 1 is 1.11 bits per heavy atom. The first-order valence-electron chi connectivity index (χ1n) is 8.99. The number of nitrogens with zero attached hydrogens (tertiary/aromatic N) is 5. The van der Waals surface area contributed by atoms with Gasteiger partial charge in [-0.1, -0.05) is 48.0 Å². The molecule has 0 fully saturated rings. The van der Waals surface area contributed by atoms with Gasteiger partial charge in [-0.2, -0.15) is 4.80 Å². The lowest BCUT2D eigenvalue weighted by Crippen LogP contribution is -2.31. The number of carbonyl (C=O) groups excluding carboxylic acids is 1. The van der Waals surface area contributed by atoms with Crippen molar-refractivity contribution in [2.45, 2.75) is 19.9 Å². The van der Waals surface area contributed by atoms with Crippen LogP contribution in [0.5, 0.6) is 0 Å². The van der Waals surface area contributed by atoms with Gasteiger partial charge in [0.25, 0.3) is 0 Å². The first-order chi connectivity index (χ1) is 13.1. The minimum absolute atomic E-state index is 0.0629. The summed E-state index contributed by atoms with van der Waals surface area (Å²) < 4.78 is 0. The molecule has 0 bridgehead atoms. The molecule has 0 aliphatic rings. The number of carbonyl (C=O) groups is 1. The second kappa shape index (κ2) is 8.93. The number of para-hydroxylation sites is 1. The van der Waals surface area contributed by atoms with E-state index in [9.17, 15) is 4.79 Å². The van der Waals surface area contributed by atoms with Crippen LogP contribution in [-0.2, 0) is 11.3 Å². The third kappa shape index (κ3) is 5.37. The van der Waals surface area contributed by atoms with Crippen LogP contribution in [-0.4, -0.2) is 46.3 Å². The molecular weight excluding hydrogens is 340 g/mol. The number of aryl methyl sites for hydroxylation is 1. The van der Waals surface area contributed by atoms with E-state index in [-0.39, 0.29) is 12.5 Å². The number of tetrazole rings is 1. The van der Waals surface area contributed by atoms with Gasteiger partial charge < -0.3 is 10.2 Å². The second-order valence-corrected chi connectivity index (χ2v) is 6.47. The van der Waals surface area contributed by atoms with Crippen LogP contribution < -0.4 is 10.2 Å². The molecule has 1 heterocycles. The number of benzene rings is 2. The minimum atomic E-state index is -0.120. The normalized spacial score (nSPS) is 10.6. The van der Waals surface area contributed by atoms with Crippen LogP contribution >= 0.6 is 0 Å². The zero-order valence-electron chi connectivity index (χ0n) is 15.7. The largest absolute Gasteiger partial charge is 0.375 e. The Bertz CT molecular complexity index is 860. The van der Waals surface area contributed by atoms with Crippen LogP contribution in [0.1, 0.15) is 12.0 Å². The number of rotatable bonds is 8. The lowest BCUT2D eigenvalue weighted by atomic mass is 10.1. The SMILES string of the molecule is Cc1ccc(-c2nnn(CC(=O)NCCCN(C)c3ccccc3)n2)cc1. The molecule has 27 heavy (non-hydrogen) atoms. The van der Waals surface area contributed by atoms with Gasteiger partial charge in [-0.05, 0) is 30.7 Å². The molecule has 1 amide bonds. The van der Waals surface area contributed by atoms with Gasteiger partial charge in [0.2, 0.25) is 11.7 Å². The van der Waals surface area contributed by atoms with Crippen molar-refractivity contribution in [1.29, 1.82) is 0 Å². The molecule has 0 saturated carbocycles. The van der Waals surface area contributed by atoms with Gasteiger partial charge in [-0.3, -0.25) is 4.79 Å². The van der Waals surface area contributed by atoms with E-state index in [1.807, 2.05) is 56.4 Å². The molecule has 1 N–H and O–H groups in total. The number of aromatic nitrogens is 4. The summed E-state index contributed by atoms with van der Waals surface area (Å²) in [5.74, 6) is 0.400. The zero-order chi connectivity index (χ0) is 19.1. The van der Waals surface area contributed by atoms with Crippen molar-refractivity contribution in [1.82, 2.24) is 25.5 Å². The van der Waals surface area contributed by atoms with E-state index in [1.165, 1.54) is 16.0 Å². The fourth-order valence-corrected chi connectivity index (χ4v) is 2.67. The highest BCUT2D eigenvalue weighted by molar-refractivity contribution is 5.75. The summed E-state index contributed by atoms with van der Waals surface area (Å²) in [6, 6.07) is 18.1. The maximum absolute atomic E-state index is 12.1. The van der Waals surface area contributed by atoms with Crippen LogP contribution in [0.15, 0.2) is 54.6 Å². The van der Waals surface area contributed by atoms with Gasteiger partial charge in [-0.15, -0.1) is 10.2 Å². The van der Waals surface area contributed by atoms with E-state index in [2.05, 4.69) is 37.8 Å². The molecule has 0 unspecified atom stereocenters. The van der Waals surface area contributed by atoms with E-state index in [0.717, 1.165) is 18.5 Å². The number of amides is 1. The van der Waals surface area contributed by atoms with Crippen LogP contribution in [0.2, 0.25) is 0 Å². The molecule has 3 rings (SSSR count). The first-order valence-corrected chi connectivity index (χ1v) is 8.99. The highest BCUT2D eigenvalue weighted by atomic mass is 16.2. The first kappa shape index (κ1) is 18.6. The van der Waals surface area contributed by atoms with Gasteiger partial charge in [0, 0.05) is 31.4 Å².